The predicted octanol–water partition coefficient (Wildman–Crippen LogP) is 0.893. The second kappa shape index (κ2) is 2.88. The maximum atomic E-state index is 10.6. The highest BCUT2D eigenvalue weighted by Crippen LogP contribution is 2.23. The van der Waals surface area contributed by atoms with E-state index >= 15 is 0 Å². The molecule has 1 aliphatic heterocycles. The number of nitrogens with one attached hydrogen (secondary N) is 1. The third kappa shape index (κ3) is 1.23. The van der Waals surface area contributed by atoms with Crippen LogP contribution in [0.5, 0.6) is 0 Å². The molecule has 3 nitrogen and oxygen atoms in total. The molecule has 1 aliphatic rings. The van der Waals surface area contributed by atoms with Crippen molar-refractivity contribution in [1.29, 1.82) is 0 Å². The van der Waals surface area contributed by atoms with Crippen LogP contribution >= 0.6 is 0 Å². The van der Waals surface area contributed by atoms with Crippen LogP contribution in [-0.2, 0) is 17.5 Å². The summed E-state index contributed by atoms with van der Waals surface area (Å²) in [5, 5.41) is 3.17. The zero-order chi connectivity index (χ0) is 8.55. The van der Waals surface area contributed by atoms with Gasteiger partial charge in [-0.2, -0.15) is 0 Å². The van der Waals surface area contributed by atoms with Gasteiger partial charge in [0.15, 0.2) is 0 Å². The van der Waals surface area contributed by atoms with Gasteiger partial charge in [0.05, 0.1) is 0 Å². The van der Waals surface area contributed by atoms with Gasteiger partial charge in [0.2, 0.25) is 0 Å². The fourth-order valence-corrected chi connectivity index (χ4v) is 1.80. The van der Waals surface area contributed by atoms with Gasteiger partial charge >= 0.3 is 0 Å². The average molecular weight is 182 g/mol. The van der Waals surface area contributed by atoms with Crippen LogP contribution in [0.25, 0.3) is 0 Å². The van der Waals surface area contributed by atoms with E-state index in [9.17, 15) is 8.76 Å². The van der Waals surface area contributed by atoms with Crippen molar-refractivity contribution in [3.63, 3.8) is 0 Å². The van der Waals surface area contributed by atoms with Gasteiger partial charge in [-0.25, -0.2) is 0 Å². The molecule has 0 aromatic heterocycles. The van der Waals surface area contributed by atoms with Crippen molar-refractivity contribution in [2.24, 2.45) is 0 Å². The molecule has 2 rings (SSSR count). The van der Waals surface area contributed by atoms with Gasteiger partial charge in [0, 0.05) is 17.1 Å². The molecule has 1 atom stereocenters. The Hall–Kier alpha value is -0.870. The first kappa shape index (κ1) is 7.76. The summed E-state index contributed by atoms with van der Waals surface area (Å²) >= 11 is -2.10. The molecule has 64 valence electrons. The quantitative estimate of drug-likeness (QED) is 0.656. The van der Waals surface area contributed by atoms with Crippen molar-refractivity contribution in [1.82, 2.24) is 0 Å². The summed E-state index contributed by atoms with van der Waals surface area (Å²) in [4.78, 5) is 0.373. The van der Waals surface area contributed by atoms with Crippen molar-refractivity contribution in [2.45, 2.75) is 11.3 Å². The lowest BCUT2D eigenvalue weighted by molar-refractivity contribution is 0.537. The monoisotopic (exact) mass is 182 g/mol. The second-order valence-electron chi connectivity index (χ2n) is 2.73. The van der Waals surface area contributed by atoms with E-state index in [0.29, 0.717) is 4.90 Å². The summed E-state index contributed by atoms with van der Waals surface area (Å²) in [5.41, 5.74) is 2.15. The molecule has 0 saturated heterocycles. The molecule has 0 saturated carbocycles. The lowest BCUT2D eigenvalue weighted by atomic mass is 10.2. The van der Waals surface area contributed by atoms with Crippen LogP contribution in [0, 0.1) is 0 Å². The molecule has 1 heterocycles. The molecular formula is C8H8NO2S-. The van der Waals surface area contributed by atoms with Crippen molar-refractivity contribution in [3.8, 4) is 0 Å². The summed E-state index contributed by atoms with van der Waals surface area (Å²) in [5.74, 6) is 0. The van der Waals surface area contributed by atoms with E-state index in [-0.39, 0.29) is 0 Å². The van der Waals surface area contributed by atoms with E-state index in [1.54, 1.807) is 12.1 Å². The highest BCUT2D eigenvalue weighted by Gasteiger charge is 2.09. The molecule has 0 radical (unpaired) electrons. The average Bonchev–Trinajstić information content (AvgIpc) is 2.49. The van der Waals surface area contributed by atoms with Crippen LogP contribution < -0.4 is 5.32 Å². The summed E-state index contributed by atoms with van der Waals surface area (Å²) in [6.07, 6.45) is 0.917. The number of benzene rings is 1. The predicted molar refractivity (Wildman–Crippen MR) is 45.8 cm³/mol. The zero-order valence-electron chi connectivity index (χ0n) is 6.37. The maximum absolute atomic E-state index is 10.6. The van der Waals surface area contributed by atoms with E-state index in [1.165, 1.54) is 0 Å². The minimum atomic E-state index is -2.10. The van der Waals surface area contributed by atoms with Gasteiger partial charge in [-0.05, 0) is 41.3 Å². The van der Waals surface area contributed by atoms with Crippen molar-refractivity contribution in [2.75, 3.05) is 11.9 Å². The molecule has 1 unspecified atom stereocenters. The smallest absolute Gasteiger partial charge is 0.0374 e. The third-order valence-corrected chi connectivity index (χ3v) is 2.62. The lowest BCUT2D eigenvalue weighted by Gasteiger charge is -2.06. The molecular weight excluding hydrogens is 174 g/mol. The van der Waals surface area contributed by atoms with Gasteiger partial charge in [-0.3, -0.25) is 4.21 Å². The Morgan fingerprint density at radius 3 is 3.08 bits per heavy atom. The Morgan fingerprint density at radius 2 is 2.33 bits per heavy atom. The molecule has 0 bridgehead atoms. The summed E-state index contributed by atoms with van der Waals surface area (Å²) in [7, 11) is 0. The molecule has 0 fully saturated rings. The van der Waals surface area contributed by atoms with Crippen LogP contribution in [0.1, 0.15) is 5.56 Å². The standard InChI is InChI=1S/C8H9NO2S/c10-12(11)7-1-2-8-6(5-7)3-4-9-8/h1-2,5,9H,3-4H2,(H,10,11)/p-1. The summed E-state index contributed by atoms with van der Waals surface area (Å²) in [6.45, 7) is 0.907. The number of rotatable bonds is 1. The van der Waals surface area contributed by atoms with Crippen molar-refractivity contribution >= 4 is 16.8 Å². The minimum Gasteiger partial charge on any atom is -0.768 e. The Labute approximate surface area is 73.1 Å². The number of anilines is 1. The Kier molecular flexibility index (Phi) is 1.86. The lowest BCUT2D eigenvalue weighted by Crippen LogP contribution is -1.91. The van der Waals surface area contributed by atoms with E-state index in [1.807, 2.05) is 6.07 Å². The van der Waals surface area contributed by atoms with Crippen LogP contribution in [0.2, 0.25) is 0 Å². The first-order valence-electron chi connectivity index (χ1n) is 3.73. The first-order valence-corrected chi connectivity index (χ1v) is 4.81. The summed E-state index contributed by atoms with van der Waals surface area (Å²) in [6, 6.07) is 5.15. The summed E-state index contributed by atoms with van der Waals surface area (Å²) < 4.78 is 21.2. The van der Waals surface area contributed by atoms with Crippen molar-refractivity contribution in [3.05, 3.63) is 23.8 Å². The Bertz CT molecular complexity index is 338. The van der Waals surface area contributed by atoms with E-state index in [2.05, 4.69) is 5.32 Å². The molecule has 4 heteroatoms. The van der Waals surface area contributed by atoms with E-state index < -0.39 is 11.1 Å². The third-order valence-electron chi connectivity index (χ3n) is 1.98. The van der Waals surface area contributed by atoms with Gasteiger partial charge in [-0.15, -0.1) is 0 Å². The van der Waals surface area contributed by atoms with E-state index in [0.717, 1.165) is 24.2 Å². The van der Waals surface area contributed by atoms with Gasteiger partial charge in [0.1, 0.15) is 0 Å². The van der Waals surface area contributed by atoms with Crippen LogP contribution in [-0.4, -0.2) is 15.3 Å². The topological polar surface area (TPSA) is 52.2 Å². The molecule has 0 aliphatic carbocycles. The molecule has 1 aromatic rings. The first-order chi connectivity index (χ1) is 5.77. The second-order valence-corrected chi connectivity index (χ2v) is 3.67. The Morgan fingerprint density at radius 1 is 1.50 bits per heavy atom. The SMILES string of the molecule is O=S([O-])c1ccc2c(c1)CCN2. The normalized spacial score (nSPS) is 16.8. The molecule has 12 heavy (non-hydrogen) atoms. The Balaban J connectivity index is 2.45. The van der Waals surface area contributed by atoms with Crippen LogP contribution in [0.3, 0.4) is 0 Å². The van der Waals surface area contributed by atoms with Crippen LogP contribution in [0.15, 0.2) is 23.1 Å². The highest BCUT2D eigenvalue weighted by molar-refractivity contribution is 7.79. The molecule has 0 amide bonds. The zero-order valence-corrected chi connectivity index (χ0v) is 7.19. The molecule has 1 N–H and O–H groups in total. The number of fused-ring (bicyclic) bond motifs is 1. The number of hydrogen-bond acceptors (Lipinski definition) is 3. The molecule has 1 aromatic carbocycles. The van der Waals surface area contributed by atoms with Gasteiger partial charge in [0.25, 0.3) is 0 Å². The van der Waals surface area contributed by atoms with Gasteiger partial charge < -0.3 is 9.87 Å². The fraction of sp³-hybridized carbons (Fsp3) is 0.250. The fourth-order valence-electron chi connectivity index (χ4n) is 1.38. The van der Waals surface area contributed by atoms with Crippen LogP contribution in [0.4, 0.5) is 5.69 Å². The van der Waals surface area contributed by atoms with Crippen molar-refractivity contribution < 1.29 is 8.76 Å². The maximum Gasteiger partial charge on any atom is 0.0374 e. The number of hydrogen-bond donors (Lipinski definition) is 1. The minimum absolute atomic E-state index is 0.373. The molecule has 0 spiro atoms. The van der Waals surface area contributed by atoms with E-state index in [4.69, 9.17) is 0 Å². The van der Waals surface area contributed by atoms with Gasteiger partial charge in [-0.1, -0.05) is 0 Å². The highest BCUT2D eigenvalue weighted by atomic mass is 32.2. The largest absolute Gasteiger partial charge is 0.768 e.